The molecule has 0 aliphatic rings. The minimum absolute atomic E-state index is 0. The van der Waals surface area contributed by atoms with E-state index in [1.54, 1.807) is 0 Å². The summed E-state index contributed by atoms with van der Waals surface area (Å²) in [7, 11) is -5.24. The first-order chi connectivity index (χ1) is 11.7. The van der Waals surface area contributed by atoms with Crippen molar-refractivity contribution in [1.29, 1.82) is 0 Å². The summed E-state index contributed by atoms with van der Waals surface area (Å²) >= 11 is 0. The predicted molar refractivity (Wildman–Crippen MR) is 95.3 cm³/mol. The molecule has 0 aromatic carbocycles. The van der Waals surface area contributed by atoms with Gasteiger partial charge in [0.15, 0.2) is 0 Å². The summed E-state index contributed by atoms with van der Waals surface area (Å²) in [6, 6.07) is 0. The van der Waals surface area contributed by atoms with Gasteiger partial charge in [-0.05, 0) is 6.42 Å². The van der Waals surface area contributed by atoms with Crippen molar-refractivity contribution < 1.29 is 130 Å². The Morgan fingerprint density at radius 1 is 0.857 bits per heavy atom. The molecule has 0 aromatic rings. The second-order valence-corrected chi connectivity index (χ2v) is 7.74. The van der Waals surface area contributed by atoms with Gasteiger partial charge in [-0.3, -0.25) is 9.35 Å². The number of aliphatic carboxylic acids is 2. The van der Waals surface area contributed by atoms with Gasteiger partial charge in [0.2, 0.25) is 0 Å². The maximum absolute atomic E-state index is 11.3. The third-order valence-electron chi connectivity index (χ3n) is 3.96. The SMILES string of the molecule is CCCCCCCCCCCCOC(CC(=O)O)(C(=O)O)S(=O)(=O)O.[H-].[H-].[H-].[Na+].[Na+].[Na+]. The van der Waals surface area contributed by atoms with Gasteiger partial charge in [0.05, 0.1) is 0 Å². The second-order valence-electron chi connectivity index (χ2n) is 6.13. The van der Waals surface area contributed by atoms with Crippen LogP contribution in [0.2, 0.25) is 0 Å². The van der Waals surface area contributed by atoms with Crippen molar-refractivity contribution in [3.63, 3.8) is 0 Å². The van der Waals surface area contributed by atoms with Crippen molar-refractivity contribution in [2.24, 2.45) is 0 Å². The molecule has 8 nitrogen and oxygen atoms in total. The zero-order valence-corrected chi connectivity index (χ0v) is 24.6. The van der Waals surface area contributed by atoms with E-state index in [1.807, 2.05) is 0 Å². The van der Waals surface area contributed by atoms with Crippen molar-refractivity contribution >= 4 is 22.1 Å². The molecule has 0 aliphatic carbocycles. The molecule has 0 aliphatic heterocycles. The van der Waals surface area contributed by atoms with Gasteiger partial charge in [-0.15, -0.1) is 0 Å². The smallest absolute Gasteiger partial charge is 1.00 e. The molecule has 0 amide bonds. The molecule has 0 fully saturated rings. The van der Waals surface area contributed by atoms with Crippen LogP contribution in [0.15, 0.2) is 0 Å². The van der Waals surface area contributed by atoms with E-state index in [9.17, 15) is 18.0 Å². The van der Waals surface area contributed by atoms with Crippen molar-refractivity contribution in [3.8, 4) is 0 Å². The van der Waals surface area contributed by atoms with Crippen molar-refractivity contribution in [1.82, 2.24) is 0 Å². The summed E-state index contributed by atoms with van der Waals surface area (Å²) in [5.74, 6) is -3.73. The molecule has 3 N–H and O–H groups in total. The Morgan fingerprint density at radius 2 is 1.25 bits per heavy atom. The summed E-state index contributed by atoms with van der Waals surface area (Å²) in [5, 5.41) is 17.8. The van der Waals surface area contributed by atoms with E-state index < -0.39 is 33.4 Å². The Labute approximate surface area is 239 Å². The van der Waals surface area contributed by atoms with Gasteiger partial charge in [0.25, 0.3) is 0 Å². The summed E-state index contributed by atoms with van der Waals surface area (Å²) in [6.45, 7) is 1.91. The van der Waals surface area contributed by atoms with Crippen molar-refractivity contribution in [2.45, 2.75) is 82.5 Å². The molecule has 1 unspecified atom stereocenters. The van der Waals surface area contributed by atoms with E-state index >= 15 is 0 Å². The Bertz CT molecular complexity index is 530. The molecule has 0 aromatic heterocycles. The first-order valence-corrected chi connectivity index (χ1v) is 10.2. The van der Waals surface area contributed by atoms with Crippen LogP contribution in [0.4, 0.5) is 0 Å². The molecular weight excluding hydrogens is 421 g/mol. The van der Waals surface area contributed by atoms with E-state index in [4.69, 9.17) is 19.5 Å². The molecule has 0 spiro atoms. The Hall–Kier alpha value is 1.81. The van der Waals surface area contributed by atoms with Crippen LogP contribution in [-0.2, 0) is 24.4 Å². The number of hydrogen-bond donors (Lipinski definition) is 3. The number of rotatable bonds is 16. The monoisotopic (exact) mass is 454 g/mol. The summed E-state index contributed by atoms with van der Waals surface area (Å²) in [5.41, 5.74) is 0. The normalized spacial score (nSPS) is 12.6. The third-order valence-corrected chi connectivity index (χ3v) is 5.23. The number of carbonyl (C=O) groups is 2. The molecular formula is C16H33Na3O8S. The summed E-state index contributed by atoms with van der Waals surface area (Å²) in [6.07, 6.45) is 8.92. The largest absolute Gasteiger partial charge is 1.00 e. The van der Waals surface area contributed by atoms with E-state index in [2.05, 4.69) is 6.92 Å². The maximum Gasteiger partial charge on any atom is 1.00 e. The average Bonchev–Trinajstić information content (AvgIpc) is 2.49. The summed E-state index contributed by atoms with van der Waals surface area (Å²) in [4.78, 5) is 18.8. The Kier molecular flexibility index (Phi) is 27.5. The van der Waals surface area contributed by atoms with Crippen LogP contribution in [0.5, 0.6) is 0 Å². The van der Waals surface area contributed by atoms with Crippen LogP contribution in [0.3, 0.4) is 0 Å². The maximum atomic E-state index is 11.3. The molecule has 0 rings (SSSR count). The number of unbranched alkanes of at least 4 members (excludes halogenated alkanes) is 9. The Morgan fingerprint density at radius 3 is 1.57 bits per heavy atom. The van der Waals surface area contributed by atoms with Gasteiger partial charge in [0, 0.05) is 6.61 Å². The Balaban J connectivity index is -0.000000192. The molecule has 0 radical (unpaired) electrons. The van der Waals surface area contributed by atoms with Crippen LogP contribution < -0.4 is 88.7 Å². The van der Waals surface area contributed by atoms with Gasteiger partial charge in [-0.2, -0.15) is 8.42 Å². The van der Waals surface area contributed by atoms with E-state index in [0.717, 1.165) is 19.3 Å². The van der Waals surface area contributed by atoms with Gasteiger partial charge in [-0.1, -0.05) is 64.7 Å². The minimum atomic E-state index is -5.24. The van der Waals surface area contributed by atoms with Gasteiger partial charge < -0.3 is 19.2 Å². The molecule has 154 valence electrons. The quantitative estimate of drug-likeness (QED) is 0.119. The van der Waals surface area contributed by atoms with Gasteiger partial charge in [0.1, 0.15) is 6.42 Å². The van der Waals surface area contributed by atoms with E-state index in [0.29, 0.717) is 12.8 Å². The average molecular weight is 454 g/mol. The van der Waals surface area contributed by atoms with Crippen molar-refractivity contribution in [3.05, 3.63) is 0 Å². The number of carboxylic acids is 2. The predicted octanol–water partition coefficient (Wildman–Crippen LogP) is -5.58. The molecule has 0 saturated heterocycles. The second kappa shape index (κ2) is 20.7. The number of carboxylic acid groups (broad SMARTS) is 2. The fourth-order valence-corrected chi connectivity index (χ4v) is 3.25. The van der Waals surface area contributed by atoms with Crippen LogP contribution >= 0.6 is 0 Å². The fraction of sp³-hybridized carbons (Fsp3) is 0.875. The standard InChI is InChI=1S/C16H30O8S.3Na.3H/c1-2-3-4-5-6-7-8-9-10-11-12-24-16(15(19)20,13-14(17)18)25(21,22)23;;;;;;/h2-13H2,1H3,(H,17,18)(H,19,20)(H,21,22,23);;;;;;/q;3*+1;3*-1. The molecule has 1 atom stereocenters. The van der Waals surface area contributed by atoms with Crippen LogP contribution in [0.1, 0.15) is 81.8 Å². The first kappa shape index (κ1) is 37.1. The number of ether oxygens (including phenoxy) is 1. The van der Waals surface area contributed by atoms with Crippen molar-refractivity contribution in [2.75, 3.05) is 6.61 Å². The molecule has 0 saturated carbocycles. The van der Waals surface area contributed by atoms with Gasteiger partial charge in [-0.25, -0.2) is 4.79 Å². The van der Waals surface area contributed by atoms with Crippen LogP contribution in [0, 0.1) is 0 Å². The first-order valence-electron chi connectivity index (χ1n) is 8.73. The van der Waals surface area contributed by atoms with Gasteiger partial charge >= 0.3 is 116 Å². The fourth-order valence-electron chi connectivity index (χ4n) is 2.49. The molecule has 0 bridgehead atoms. The van der Waals surface area contributed by atoms with E-state index in [-0.39, 0.29) is 99.6 Å². The van der Waals surface area contributed by atoms with E-state index in [1.165, 1.54) is 32.1 Å². The van der Waals surface area contributed by atoms with Crippen LogP contribution in [0.25, 0.3) is 0 Å². The number of hydrogen-bond acceptors (Lipinski definition) is 5. The third kappa shape index (κ3) is 15.6. The zero-order valence-electron chi connectivity index (χ0n) is 20.8. The molecule has 28 heavy (non-hydrogen) atoms. The molecule has 0 heterocycles. The molecule has 12 heteroatoms. The zero-order chi connectivity index (χ0) is 19.3. The topological polar surface area (TPSA) is 138 Å². The summed E-state index contributed by atoms with van der Waals surface area (Å²) < 4.78 is 36.6. The minimum Gasteiger partial charge on any atom is -1.00 e. The van der Waals surface area contributed by atoms with Crippen LogP contribution in [-0.4, -0.2) is 46.7 Å².